The summed E-state index contributed by atoms with van der Waals surface area (Å²) in [5.74, 6) is 1.92. The highest BCUT2D eigenvalue weighted by Gasteiger charge is 2.23. The number of nitrogens with zero attached hydrogens (tertiary/aromatic N) is 5. The van der Waals surface area contributed by atoms with Crippen molar-refractivity contribution in [2.45, 2.75) is 32.3 Å². The highest BCUT2D eigenvalue weighted by Crippen LogP contribution is 2.19. The van der Waals surface area contributed by atoms with Crippen molar-refractivity contribution in [2.75, 3.05) is 51.3 Å². The first-order chi connectivity index (χ1) is 11.3. The zero-order valence-electron chi connectivity index (χ0n) is 14.4. The van der Waals surface area contributed by atoms with Gasteiger partial charge in [-0.15, -0.1) is 24.0 Å². The number of aryl methyl sites for hydroxylation is 1. The number of piperazine rings is 1. The maximum atomic E-state index is 5.66. The number of nitrogens with one attached hydrogen (secondary N) is 1. The molecule has 2 aliphatic heterocycles. The summed E-state index contributed by atoms with van der Waals surface area (Å²) in [6, 6.07) is 0. The highest BCUT2D eigenvalue weighted by atomic mass is 127. The molecule has 3 rings (SSSR count). The Bertz CT molecular complexity index is 526. The van der Waals surface area contributed by atoms with Crippen molar-refractivity contribution in [3.8, 4) is 0 Å². The Morgan fingerprint density at radius 1 is 1.38 bits per heavy atom. The molecular formula is C15H27IN6OS. The molecule has 1 atom stereocenters. The summed E-state index contributed by atoms with van der Waals surface area (Å²) in [6.07, 6.45) is 3.55. The number of anilines is 1. The van der Waals surface area contributed by atoms with Crippen LogP contribution >= 0.6 is 35.5 Å². The first-order valence-corrected chi connectivity index (χ1v) is 9.22. The van der Waals surface area contributed by atoms with Crippen LogP contribution in [0, 0.1) is 0 Å². The number of hydrogen-bond donors (Lipinski definition) is 1. The molecule has 1 N–H and O–H groups in total. The minimum atomic E-state index is 0. The van der Waals surface area contributed by atoms with E-state index in [4.69, 9.17) is 4.74 Å². The van der Waals surface area contributed by atoms with Crippen LogP contribution in [0.15, 0.2) is 4.99 Å². The maximum Gasteiger partial charge on any atom is 0.205 e. The Balaban J connectivity index is 0.00000208. The fourth-order valence-corrected chi connectivity index (χ4v) is 3.77. The van der Waals surface area contributed by atoms with Crippen molar-refractivity contribution in [1.29, 1.82) is 0 Å². The molecule has 9 heteroatoms. The van der Waals surface area contributed by atoms with Gasteiger partial charge in [-0.25, -0.2) is 4.98 Å². The minimum absolute atomic E-state index is 0. The van der Waals surface area contributed by atoms with Crippen LogP contribution < -0.4 is 10.2 Å². The molecule has 0 amide bonds. The average molecular weight is 466 g/mol. The molecule has 0 saturated carbocycles. The Hall–Kier alpha value is -0.680. The number of halogens is 1. The Morgan fingerprint density at radius 2 is 2.17 bits per heavy atom. The van der Waals surface area contributed by atoms with E-state index in [1.54, 1.807) is 0 Å². The van der Waals surface area contributed by atoms with E-state index in [0.29, 0.717) is 6.10 Å². The predicted molar refractivity (Wildman–Crippen MR) is 109 cm³/mol. The van der Waals surface area contributed by atoms with Gasteiger partial charge in [0.2, 0.25) is 5.13 Å². The summed E-state index contributed by atoms with van der Waals surface area (Å²) in [5.41, 5.74) is 0. The van der Waals surface area contributed by atoms with E-state index in [1.165, 1.54) is 18.0 Å². The van der Waals surface area contributed by atoms with Crippen LogP contribution in [0.4, 0.5) is 5.13 Å². The molecule has 0 aromatic carbocycles. The van der Waals surface area contributed by atoms with E-state index in [0.717, 1.165) is 69.1 Å². The number of ether oxygens (including phenoxy) is 1. The number of aromatic nitrogens is 2. The second-order valence-electron chi connectivity index (χ2n) is 5.88. The van der Waals surface area contributed by atoms with E-state index in [1.807, 2.05) is 7.05 Å². The fourth-order valence-electron chi connectivity index (χ4n) is 2.97. The number of hydrogen-bond acceptors (Lipinski definition) is 6. The molecule has 0 bridgehead atoms. The zero-order chi connectivity index (χ0) is 16.1. The van der Waals surface area contributed by atoms with Crippen LogP contribution in [0.25, 0.3) is 0 Å². The van der Waals surface area contributed by atoms with Crippen LogP contribution in [-0.4, -0.2) is 72.7 Å². The molecule has 1 aromatic rings. The molecule has 0 radical (unpaired) electrons. The summed E-state index contributed by atoms with van der Waals surface area (Å²) < 4.78 is 10.0. The Labute approximate surface area is 165 Å². The molecule has 2 fully saturated rings. The average Bonchev–Trinajstić information content (AvgIpc) is 3.27. The summed E-state index contributed by atoms with van der Waals surface area (Å²) in [7, 11) is 1.85. The lowest BCUT2D eigenvalue weighted by molar-refractivity contribution is 0.113. The van der Waals surface area contributed by atoms with Gasteiger partial charge in [0.05, 0.1) is 6.10 Å². The first kappa shape index (κ1) is 19.6. The zero-order valence-corrected chi connectivity index (χ0v) is 17.5. The normalized spacial score (nSPS) is 21.8. The van der Waals surface area contributed by atoms with E-state index >= 15 is 0 Å². The highest BCUT2D eigenvalue weighted by molar-refractivity contribution is 14.0. The molecule has 1 unspecified atom stereocenters. The van der Waals surface area contributed by atoms with Gasteiger partial charge in [0.15, 0.2) is 5.96 Å². The van der Waals surface area contributed by atoms with Gasteiger partial charge in [0.25, 0.3) is 0 Å². The molecule has 2 saturated heterocycles. The Morgan fingerprint density at radius 3 is 2.75 bits per heavy atom. The van der Waals surface area contributed by atoms with Crippen LogP contribution in [-0.2, 0) is 11.2 Å². The third-order valence-corrected chi connectivity index (χ3v) is 5.16. The molecule has 1 aromatic heterocycles. The fraction of sp³-hybridized carbons (Fsp3) is 0.800. The van der Waals surface area contributed by atoms with Gasteiger partial charge in [0, 0.05) is 64.3 Å². The van der Waals surface area contributed by atoms with Gasteiger partial charge < -0.3 is 19.9 Å². The van der Waals surface area contributed by atoms with E-state index in [2.05, 4.69) is 36.4 Å². The SMILES string of the molecule is CCc1nsc(N2CCN(C(=NC)NCC3CCCO3)CC2)n1.I. The van der Waals surface area contributed by atoms with Crippen molar-refractivity contribution < 1.29 is 4.74 Å². The smallest absolute Gasteiger partial charge is 0.205 e. The number of guanidine groups is 1. The largest absolute Gasteiger partial charge is 0.376 e. The lowest BCUT2D eigenvalue weighted by Gasteiger charge is -2.36. The van der Waals surface area contributed by atoms with Crippen LogP contribution in [0.3, 0.4) is 0 Å². The third-order valence-electron chi connectivity index (χ3n) is 4.35. The second-order valence-corrected chi connectivity index (χ2v) is 6.61. The van der Waals surface area contributed by atoms with Gasteiger partial charge >= 0.3 is 0 Å². The summed E-state index contributed by atoms with van der Waals surface area (Å²) in [6.45, 7) is 7.65. The predicted octanol–water partition coefficient (Wildman–Crippen LogP) is 1.59. The van der Waals surface area contributed by atoms with Crippen molar-refractivity contribution in [3.05, 3.63) is 5.82 Å². The van der Waals surface area contributed by atoms with Crippen molar-refractivity contribution in [2.24, 2.45) is 4.99 Å². The molecule has 0 spiro atoms. The van der Waals surface area contributed by atoms with Crippen LogP contribution in [0.2, 0.25) is 0 Å². The molecule has 24 heavy (non-hydrogen) atoms. The second kappa shape index (κ2) is 9.71. The number of aliphatic imine (C=N–C) groups is 1. The molecule has 7 nitrogen and oxygen atoms in total. The third kappa shape index (κ3) is 4.92. The van der Waals surface area contributed by atoms with Gasteiger partial charge in [-0.2, -0.15) is 4.37 Å². The minimum Gasteiger partial charge on any atom is -0.376 e. The van der Waals surface area contributed by atoms with E-state index in [9.17, 15) is 0 Å². The Kier molecular flexibility index (Phi) is 7.95. The standard InChI is InChI=1S/C15H26N6OS.HI/c1-3-13-18-15(23-19-13)21-8-6-20(7-9-21)14(16-2)17-11-12-5-4-10-22-12;/h12H,3-11H2,1-2H3,(H,16,17);1H. The van der Waals surface area contributed by atoms with Gasteiger partial charge in [0.1, 0.15) is 5.82 Å². The lowest BCUT2D eigenvalue weighted by atomic mass is 10.2. The first-order valence-electron chi connectivity index (χ1n) is 8.45. The number of rotatable bonds is 4. The maximum absolute atomic E-state index is 5.66. The van der Waals surface area contributed by atoms with Gasteiger partial charge in [-0.3, -0.25) is 4.99 Å². The van der Waals surface area contributed by atoms with Gasteiger partial charge in [-0.1, -0.05) is 6.92 Å². The monoisotopic (exact) mass is 466 g/mol. The van der Waals surface area contributed by atoms with Crippen LogP contribution in [0.1, 0.15) is 25.6 Å². The molecule has 3 heterocycles. The topological polar surface area (TPSA) is 65.9 Å². The quantitative estimate of drug-likeness (QED) is 0.413. The van der Waals surface area contributed by atoms with Gasteiger partial charge in [-0.05, 0) is 12.8 Å². The molecular weight excluding hydrogens is 439 g/mol. The van der Waals surface area contributed by atoms with Crippen LogP contribution in [0.5, 0.6) is 0 Å². The van der Waals surface area contributed by atoms with Crippen molar-refractivity contribution in [1.82, 2.24) is 19.6 Å². The van der Waals surface area contributed by atoms with Crippen molar-refractivity contribution in [3.63, 3.8) is 0 Å². The summed E-state index contributed by atoms with van der Waals surface area (Å²) in [5, 5.41) is 4.50. The van der Waals surface area contributed by atoms with Crippen molar-refractivity contribution >= 4 is 46.6 Å². The lowest BCUT2D eigenvalue weighted by Crippen LogP contribution is -2.53. The summed E-state index contributed by atoms with van der Waals surface area (Å²) >= 11 is 1.51. The van der Waals surface area contributed by atoms with E-state index in [-0.39, 0.29) is 24.0 Å². The van der Waals surface area contributed by atoms with E-state index < -0.39 is 0 Å². The molecule has 136 valence electrons. The molecule has 0 aliphatic carbocycles. The molecule has 2 aliphatic rings. The summed E-state index contributed by atoms with van der Waals surface area (Å²) in [4.78, 5) is 13.6.